The summed E-state index contributed by atoms with van der Waals surface area (Å²) in [5, 5.41) is 3.12. The highest BCUT2D eigenvalue weighted by molar-refractivity contribution is 6.46. The molecule has 0 unspecified atom stereocenters. The Morgan fingerprint density at radius 2 is 1.40 bits per heavy atom. The molecule has 3 aromatic carbocycles. The zero-order chi connectivity index (χ0) is 21.4. The van der Waals surface area contributed by atoms with E-state index in [1.54, 1.807) is 6.07 Å². The molecule has 3 aromatic rings. The van der Waals surface area contributed by atoms with Crippen LogP contribution < -0.4 is 10.2 Å². The largest absolute Gasteiger partial charge is 0.350 e. The summed E-state index contributed by atoms with van der Waals surface area (Å²) < 4.78 is 13.5. The number of halogens is 1. The number of hydrogen-bond donors (Lipinski definition) is 1. The maximum atomic E-state index is 13.5. The molecule has 0 saturated heterocycles. The molecule has 0 radical (unpaired) electrons. The summed E-state index contributed by atoms with van der Waals surface area (Å²) in [6, 6.07) is 18.7. The fraction of sp³-hybridized carbons (Fsp3) is 0.120. The van der Waals surface area contributed by atoms with Crippen LogP contribution in [0.25, 0.3) is 5.57 Å². The minimum absolute atomic E-state index is 0.176. The van der Waals surface area contributed by atoms with E-state index in [4.69, 9.17) is 0 Å². The Hall–Kier alpha value is -3.73. The Bertz CT molecular complexity index is 1180. The van der Waals surface area contributed by atoms with E-state index in [1.165, 1.54) is 29.2 Å². The van der Waals surface area contributed by atoms with Crippen LogP contribution in [0.3, 0.4) is 0 Å². The molecule has 0 atom stereocenters. The first-order valence-corrected chi connectivity index (χ1v) is 9.65. The molecule has 30 heavy (non-hydrogen) atoms. The van der Waals surface area contributed by atoms with Gasteiger partial charge in [0, 0.05) is 5.69 Å². The predicted molar refractivity (Wildman–Crippen MR) is 117 cm³/mol. The highest BCUT2D eigenvalue weighted by atomic mass is 19.1. The van der Waals surface area contributed by atoms with Crippen LogP contribution in [0.4, 0.5) is 15.8 Å². The third kappa shape index (κ3) is 3.50. The van der Waals surface area contributed by atoms with Crippen molar-refractivity contribution in [3.63, 3.8) is 0 Å². The molecule has 0 aromatic heterocycles. The van der Waals surface area contributed by atoms with Crippen LogP contribution in [-0.4, -0.2) is 11.8 Å². The van der Waals surface area contributed by atoms with Crippen LogP contribution in [0.1, 0.15) is 22.3 Å². The van der Waals surface area contributed by atoms with Gasteiger partial charge in [0.05, 0.1) is 11.3 Å². The first-order chi connectivity index (χ1) is 14.3. The number of anilines is 2. The smallest absolute Gasteiger partial charge is 0.282 e. The highest BCUT2D eigenvalue weighted by Gasteiger charge is 2.40. The number of carbonyl (C=O) groups is 2. The molecule has 1 heterocycles. The molecule has 2 amide bonds. The monoisotopic (exact) mass is 400 g/mol. The SMILES string of the molecule is Cc1ccc(NC2=C(c3ccc(F)cc3)C(=O)N(c3ccc(C)cc3C)C2=O)cc1. The first kappa shape index (κ1) is 19.6. The lowest BCUT2D eigenvalue weighted by atomic mass is 10.0. The maximum absolute atomic E-state index is 13.5. The first-order valence-electron chi connectivity index (χ1n) is 9.65. The van der Waals surface area contributed by atoms with Crippen molar-refractivity contribution in [1.29, 1.82) is 0 Å². The molecule has 1 aliphatic rings. The van der Waals surface area contributed by atoms with Crippen LogP contribution in [-0.2, 0) is 9.59 Å². The van der Waals surface area contributed by atoms with E-state index in [0.29, 0.717) is 16.9 Å². The van der Waals surface area contributed by atoms with Gasteiger partial charge in [-0.15, -0.1) is 0 Å². The third-order valence-electron chi connectivity index (χ3n) is 5.13. The number of nitrogens with one attached hydrogen (secondary N) is 1. The fourth-order valence-electron chi connectivity index (χ4n) is 3.59. The summed E-state index contributed by atoms with van der Waals surface area (Å²) in [7, 11) is 0. The summed E-state index contributed by atoms with van der Waals surface area (Å²) in [6.07, 6.45) is 0. The normalized spacial score (nSPS) is 13.9. The number of hydrogen-bond acceptors (Lipinski definition) is 3. The number of imide groups is 1. The fourth-order valence-corrected chi connectivity index (χ4v) is 3.59. The Balaban J connectivity index is 1.83. The molecule has 0 spiro atoms. The second-order valence-electron chi connectivity index (χ2n) is 7.48. The molecule has 1 N–H and O–H groups in total. The predicted octanol–water partition coefficient (Wildman–Crippen LogP) is 5.15. The lowest BCUT2D eigenvalue weighted by Gasteiger charge is -2.18. The van der Waals surface area contributed by atoms with E-state index in [1.807, 2.05) is 57.2 Å². The van der Waals surface area contributed by atoms with Crippen molar-refractivity contribution < 1.29 is 14.0 Å². The standard InChI is InChI=1S/C25H21FN2O2/c1-15-4-11-20(12-5-15)27-23-22(18-7-9-19(26)10-8-18)24(29)28(25(23)30)21-13-6-16(2)14-17(21)3/h4-14,27H,1-3H3. The van der Waals surface area contributed by atoms with Gasteiger partial charge in [-0.3, -0.25) is 9.59 Å². The van der Waals surface area contributed by atoms with Crippen LogP contribution in [0.2, 0.25) is 0 Å². The van der Waals surface area contributed by atoms with E-state index in [-0.39, 0.29) is 11.3 Å². The lowest BCUT2D eigenvalue weighted by molar-refractivity contribution is -0.120. The van der Waals surface area contributed by atoms with Gasteiger partial charge in [0.2, 0.25) is 0 Å². The van der Waals surface area contributed by atoms with Gasteiger partial charge in [-0.05, 0) is 62.2 Å². The molecule has 5 heteroatoms. The topological polar surface area (TPSA) is 49.4 Å². The molecule has 0 saturated carbocycles. The van der Waals surface area contributed by atoms with Crippen LogP contribution in [0.5, 0.6) is 0 Å². The van der Waals surface area contributed by atoms with E-state index >= 15 is 0 Å². The Kier molecular flexibility index (Phi) is 4.96. The molecule has 0 fully saturated rings. The van der Waals surface area contributed by atoms with Gasteiger partial charge in [-0.1, -0.05) is 47.5 Å². The van der Waals surface area contributed by atoms with Crippen molar-refractivity contribution in [3.8, 4) is 0 Å². The van der Waals surface area contributed by atoms with Gasteiger partial charge in [-0.25, -0.2) is 9.29 Å². The molecule has 4 rings (SSSR count). The molecular weight excluding hydrogens is 379 g/mol. The van der Waals surface area contributed by atoms with Crippen molar-refractivity contribution in [1.82, 2.24) is 0 Å². The number of carbonyl (C=O) groups excluding carboxylic acids is 2. The minimum Gasteiger partial charge on any atom is -0.350 e. The van der Waals surface area contributed by atoms with Gasteiger partial charge in [-0.2, -0.15) is 0 Å². The van der Waals surface area contributed by atoms with E-state index in [9.17, 15) is 14.0 Å². The molecule has 0 bridgehead atoms. The van der Waals surface area contributed by atoms with Gasteiger partial charge in [0.15, 0.2) is 0 Å². The third-order valence-corrected chi connectivity index (χ3v) is 5.13. The van der Waals surface area contributed by atoms with Gasteiger partial charge in [0.25, 0.3) is 11.8 Å². The lowest BCUT2D eigenvalue weighted by Crippen LogP contribution is -2.33. The number of aryl methyl sites for hydroxylation is 3. The van der Waals surface area contributed by atoms with Crippen molar-refractivity contribution >= 4 is 28.8 Å². The summed E-state index contributed by atoms with van der Waals surface area (Å²) in [5.74, 6) is -1.28. The molecule has 0 aliphatic carbocycles. The maximum Gasteiger partial charge on any atom is 0.282 e. The number of rotatable bonds is 4. The van der Waals surface area contributed by atoms with Gasteiger partial charge in [0.1, 0.15) is 11.5 Å². The van der Waals surface area contributed by atoms with Crippen LogP contribution in [0, 0.1) is 26.6 Å². The Labute approximate surface area is 174 Å². The molecule has 4 nitrogen and oxygen atoms in total. The summed E-state index contributed by atoms with van der Waals surface area (Å²) in [4.78, 5) is 28.0. The zero-order valence-electron chi connectivity index (χ0n) is 17.0. The van der Waals surface area contributed by atoms with Gasteiger partial charge < -0.3 is 5.32 Å². The molecule has 1 aliphatic heterocycles. The Morgan fingerprint density at radius 1 is 0.767 bits per heavy atom. The van der Waals surface area contributed by atoms with Gasteiger partial charge >= 0.3 is 0 Å². The number of amides is 2. The van der Waals surface area contributed by atoms with Crippen molar-refractivity contribution in [3.05, 3.63) is 100 Å². The van der Waals surface area contributed by atoms with Crippen LogP contribution in [0.15, 0.2) is 72.4 Å². The average molecular weight is 400 g/mol. The summed E-state index contributed by atoms with van der Waals surface area (Å²) in [6.45, 7) is 5.79. The zero-order valence-corrected chi connectivity index (χ0v) is 17.0. The summed E-state index contributed by atoms with van der Waals surface area (Å²) >= 11 is 0. The quantitative estimate of drug-likeness (QED) is 0.617. The number of nitrogens with zero attached hydrogens (tertiary/aromatic N) is 1. The van der Waals surface area contributed by atoms with E-state index < -0.39 is 17.6 Å². The number of benzene rings is 3. The van der Waals surface area contributed by atoms with Crippen molar-refractivity contribution in [2.75, 3.05) is 10.2 Å². The second kappa shape index (κ2) is 7.59. The van der Waals surface area contributed by atoms with E-state index in [0.717, 1.165) is 16.7 Å². The Morgan fingerprint density at radius 3 is 2.03 bits per heavy atom. The molecule has 150 valence electrons. The van der Waals surface area contributed by atoms with E-state index in [2.05, 4.69) is 5.32 Å². The van der Waals surface area contributed by atoms with Crippen molar-refractivity contribution in [2.45, 2.75) is 20.8 Å². The van der Waals surface area contributed by atoms with Crippen LogP contribution >= 0.6 is 0 Å². The highest BCUT2D eigenvalue weighted by Crippen LogP contribution is 2.35. The molecular formula is C25H21FN2O2. The van der Waals surface area contributed by atoms with Crippen molar-refractivity contribution in [2.24, 2.45) is 0 Å². The average Bonchev–Trinajstić information content (AvgIpc) is 2.95. The summed E-state index contributed by atoms with van der Waals surface area (Å²) in [5.41, 5.74) is 5.06. The second-order valence-corrected chi connectivity index (χ2v) is 7.48. The minimum atomic E-state index is -0.438.